The highest BCUT2D eigenvalue weighted by molar-refractivity contribution is 4.89. The van der Waals surface area contributed by atoms with E-state index in [1.807, 2.05) is 0 Å². The fraction of sp³-hybridized carbons (Fsp3) is 0.875. The predicted octanol–water partition coefficient (Wildman–Crippen LogP) is 1.05. The smallest absolute Gasteiger partial charge is 0.396 e. The SMILES string of the molecule is N#CC(CNCCCCO)C(F)(F)F. The molecule has 6 heteroatoms. The Kier molecular flexibility index (Phi) is 6.25. The number of nitrogens with zero attached hydrogens (tertiary/aromatic N) is 1. The first kappa shape index (κ1) is 13.2. The number of halogens is 3. The van der Waals surface area contributed by atoms with E-state index < -0.39 is 12.1 Å². The number of rotatable bonds is 6. The molecule has 0 bridgehead atoms. The molecule has 0 aromatic heterocycles. The van der Waals surface area contributed by atoms with Crippen molar-refractivity contribution in [2.75, 3.05) is 19.7 Å². The van der Waals surface area contributed by atoms with E-state index >= 15 is 0 Å². The molecule has 14 heavy (non-hydrogen) atoms. The number of alkyl halides is 3. The zero-order valence-corrected chi connectivity index (χ0v) is 7.64. The molecule has 82 valence electrons. The maximum absolute atomic E-state index is 12.0. The van der Waals surface area contributed by atoms with E-state index in [1.54, 1.807) is 0 Å². The fourth-order valence-electron chi connectivity index (χ4n) is 0.843. The molecule has 0 aliphatic heterocycles. The zero-order chi connectivity index (χ0) is 11.0. The minimum Gasteiger partial charge on any atom is -0.396 e. The van der Waals surface area contributed by atoms with Crippen molar-refractivity contribution >= 4 is 0 Å². The minimum absolute atomic E-state index is 0.0304. The van der Waals surface area contributed by atoms with Gasteiger partial charge in [0.1, 0.15) is 0 Å². The Balaban J connectivity index is 3.61. The number of unbranched alkanes of at least 4 members (excludes halogenated alkanes) is 1. The average molecular weight is 210 g/mol. The van der Waals surface area contributed by atoms with Gasteiger partial charge in [-0.15, -0.1) is 0 Å². The molecule has 0 spiro atoms. The summed E-state index contributed by atoms with van der Waals surface area (Å²) < 4.78 is 36.0. The molecule has 0 amide bonds. The quantitative estimate of drug-likeness (QED) is 0.644. The monoisotopic (exact) mass is 210 g/mol. The van der Waals surface area contributed by atoms with Crippen LogP contribution in [0.2, 0.25) is 0 Å². The molecule has 0 aromatic rings. The summed E-state index contributed by atoms with van der Waals surface area (Å²) in [6, 6.07) is 1.20. The van der Waals surface area contributed by atoms with E-state index in [1.165, 1.54) is 6.07 Å². The van der Waals surface area contributed by atoms with Gasteiger partial charge in [-0.2, -0.15) is 18.4 Å². The van der Waals surface area contributed by atoms with Crippen LogP contribution in [-0.2, 0) is 0 Å². The van der Waals surface area contributed by atoms with E-state index in [-0.39, 0.29) is 13.2 Å². The molecule has 3 nitrogen and oxygen atoms in total. The molecule has 1 unspecified atom stereocenters. The Morgan fingerprint density at radius 2 is 2.00 bits per heavy atom. The molecule has 0 saturated carbocycles. The van der Waals surface area contributed by atoms with Crippen molar-refractivity contribution in [3.63, 3.8) is 0 Å². The van der Waals surface area contributed by atoms with Gasteiger partial charge in [-0.05, 0) is 19.4 Å². The van der Waals surface area contributed by atoms with Crippen molar-refractivity contribution in [3.8, 4) is 6.07 Å². The van der Waals surface area contributed by atoms with Crippen LogP contribution in [0.5, 0.6) is 0 Å². The van der Waals surface area contributed by atoms with Gasteiger partial charge >= 0.3 is 6.18 Å². The van der Waals surface area contributed by atoms with Gasteiger partial charge in [0.25, 0.3) is 0 Å². The van der Waals surface area contributed by atoms with Crippen molar-refractivity contribution in [2.24, 2.45) is 5.92 Å². The highest BCUT2D eigenvalue weighted by Crippen LogP contribution is 2.24. The largest absolute Gasteiger partial charge is 0.405 e. The molecule has 0 aliphatic rings. The lowest BCUT2D eigenvalue weighted by Crippen LogP contribution is -2.32. The van der Waals surface area contributed by atoms with Crippen molar-refractivity contribution in [1.29, 1.82) is 5.26 Å². The topological polar surface area (TPSA) is 56.0 Å². The van der Waals surface area contributed by atoms with Crippen LogP contribution in [-0.4, -0.2) is 31.0 Å². The van der Waals surface area contributed by atoms with Crippen molar-refractivity contribution in [1.82, 2.24) is 5.32 Å². The van der Waals surface area contributed by atoms with E-state index in [0.717, 1.165) is 0 Å². The number of hydrogen-bond donors (Lipinski definition) is 2. The molecular weight excluding hydrogens is 197 g/mol. The Morgan fingerprint density at radius 3 is 2.43 bits per heavy atom. The fourth-order valence-corrected chi connectivity index (χ4v) is 0.843. The Labute approximate surface area is 80.5 Å². The van der Waals surface area contributed by atoms with E-state index in [2.05, 4.69) is 5.32 Å². The van der Waals surface area contributed by atoms with Gasteiger partial charge in [-0.25, -0.2) is 0 Å². The predicted molar refractivity (Wildman–Crippen MR) is 44.3 cm³/mol. The summed E-state index contributed by atoms with van der Waals surface area (Å²) in [6.07, 6.45) is -3.30. The standard InChI is InChI=1S/C8H13F3N2O/c9-8(10,11)7(5-12)6-13-3-1-2-4-14/h7,13-14H,1-4,6H2. The minimum atomic E-state index is -4.46. The van der Waals surface area contributed by atoms with E-state index in [9.17, 15) is 13.2 Å². The van der Waals surface area contributed by atoms with Gasteiger partial charge < -0.3 is 10.4 Å². The molecule has 1 atom stereocenters. The van der Waals surface area contributed by atoms with Crippen LogP contribution in [0.3, 0.4) is 0 Å². The van der Waals surface area contributed by atoms with Crippen molar-refractivity contribution in [3.05, 3.63) is 0 Å². The molecule has 2 N–H and O–H groups in total. The summed E-state index contributed by atoms with van der Waals surface area (Å²) in [5, 5.41) is 19.1. The molecule has 0 heterocycles. The summed E-state index contributed by atoms with van der Waals surface area (Å²) in [5.41, 5.74) is 0. The molecule has 0 aliphatic carbocycles. The maximum atomic E-state index is 12.0. The summed E-state index contributed by atoms with van der Waals surface area (Å²) in [4.78, 5) is 0. The molecule has 0 radical (unpaired) electrons. The van der Waals surface area contributed by atoms with Gasteiger partial charge in [-0.1, -0.05) is 0 Å². The summed E-state index contributed by atoms with van der Waals surface area (Å²) >= 11 is 0. The van der Waals surface area contributed by atoms with E-state index in [4.69, 9.17) is 10.4 Å². The molecule has 0 saturated heterocycles. The Bertz CT molecular complexity index is 188. The number of nitriles is 1. The second kappa shape index (κ2) is 6.62. The number of aliphatic hydroxyl groups excluding tert-OH is 1. The normalized spacial score (nSPS) is 13.6. The molecule has 0 rings (SSSR count). The lowest BCUT2D eigenvalue weighted by Gasteiger charge is -2.13. The first-order valence-electron chi connectivity index (χ1n) is 4.30. The highest BCUT2D eigenvalue weighted by Gasteiger charge is 2.39. The van der Waals surface area contributed by atoms with Crippen LogP contribution >= 0.6 is 0 Å². The summed E-state index contributed by atoms with van der Waals surface area (Å²) in [6.45, 7) is 0.0306. The number of aliphatic hydroxyl groups is 1. The van der Waals surface area contributed by atoms with Crippen LogP contribution in [0.1, 0.15) is 12.8 Å². The highest BCUT2D eigenvalue weighted by atomic mass is 19.4. The van der Waals surface area contributed by atoms with Crippen LogP contribution in [0.4, 0.5) is 13.2 Å². The third-order valence-electron chi connectivity index (χ3n) is 1.66. The second-order valence-corrected chi connectivity index (χ2v) is 2.86. The molecular formula is C8H13F3N2O. The van der Waals surface area contributed by atoms with Crippen LogP contribution in [0.15, 0.2) is 0 Å². The van der Waals surface area contributed by atoms with Gasteiger partial charge in [0.15, 0.2) is 5.92 Å². The molecule has 0 aromatic carbocycles. The second-order valence-electron chi connectivity index (χ2n) is 2.86. The Morgan fingerprint density at radius 1 is 1.36 bits per heavy atom. The molecule has 0 fully saturated rings. The lowest BCUT2D eigenvalue weighted by molar-refractivity contribution is -0.157. The first-order chi connectivity index (χ1) is 6.52. The van der Waals surface area contributed by atoms with Gasteiger partial charge in [0, 0.05) is 13.2 Å². The zero-order valence-electron chi connectivity index (χ0n) is 7.64. The number of nitrogens with one attached hydrogen (secondary N) is 1. The van der Waals surface area contributed by atoms with E-state index in [0.29, 0.717) is 19.4 Å². The van der Waals surface area contributed by atoms with Crippen molar-refractivity contribution < 1.29 is 18.3 Å². The third kappa shape index (κ3) is 5.78. The maximum Gasteiger partial charge on any atom is 0.405 e. The number of hydrogen-bond acceptors (Lipinski definition) is 3. The third-order valence-corrected chi connectivity index (χ3v) is 1.66. The van der Waals surface area contributed by atoms with Gasteiger partial charge in [-0.3, -0.25) is 0 Å². The van der Waals surface area contributed by atoms with Crippen LogP contribution in [0, 0.1) is 17.2 Å². The average Bonchev–Trinajstić information content (AvgIpc) is 2.09. The summed E-state index contributed by atoms with van der Waals surface area (Å²) in [5.74, 6) is -1.95. The lowest BCUT2D eigenvalue weighted by atomic mass is 10.1. The van der Waals surface area contributed by atoms with Crippen molar-refractivity contribution in [2.45, 2.75) is 19.0 Å². The summed E-state index contributed by atoms with van der Waals surface area (Å²) in [7, 11) is 0. The first-order valence-corrected chi connectivity index (χ1v) is 4.30. The van der Waals surface area contributed by atoms with Gasteiger partial charge in [0.05, 0.1) is 6.07 Å². The Hall–Kier alpha value is -0.800. The van der Waals surface area contributed by atoms with Crippen LogP contribution in [0.25, 0.3) is 0 Å². The van der Waals surface area contributed by atoms with Crippen LogP contribution < -0.4 is 5.32 Å². The van der Waals surface area contributed by atoms with Gasteiger partial charge in [0.2, 0.25) is 0 Å².